The Morgan fingerprint density at radius 1 is 0.815 bits per heavy atom. The molecule has 6 heterocycles. The van der Waals surface area contributed by atoms with Gasteiger partial charge < -0.3 is 4.42 Å². The van der Waals surface area contributed by atoms with Crippen molar-refractivity contribution in [1.82, 2.24) is 10.1 Å². The van der Waals surface area contributed by atoms with E-state index in [-0.39, 0.29) is 0 Å². The molecule has 0 fully saturated rings. The third-order valence-corrected chi connectivity index (χ3v) is 4.58. The number of nitrogens with zero attached hydrogens (tertiary/aromatic N) is 5. The number of pyridine rings is 3. The summed E-state index contributed by atoms with van der Waals surface area (Å²) in [6.45, 7) is 0. The van der Waals surface area contributed by atoms with Gasteiger partial charge in [0.2, 0.25) is 11.1 Å². The van der Waals surface area contributed by atoms with Gasteiger partial charge in [0.25, 0.3) is 23.4 Å². The minimum absolute atomic E-state index is 0.782. The Morgan fingerprint density at radius 2 is 1.70 bits per heavy atom. The fourth-order valence-electron chi connectivity index (χ4n) is 3.21. The summed E-state index contributed by atoms with van der Waals surface area (Å²) in [6, 6.07) is 7.70. The molecule has 8 nitrogen and oxygen atoms in total. The van der Waals surface area contributed by atoms with E-state index in [0.29, 0.717) is 0 Å². The van der Waals surface area contributed by atoms with E-state index in [0.717, 1.165) is 32.8 Å². The summed E-state index contributed by atoms with van der Waals surface area (Å²) in [4.78, 5) is 7.73. The van der Waals surface area contributed by atoms with Crippen LogP contribution in [-0.4, -0.2) is 10.1 Å². The second-order valence-electron chi connectivity index (χ2n) is 6.28. The zero-order valence-corrected chi connectivity index (χ0v) is 14.1. The summed E-state index contributed by atoms with van der Waals surface area (Å²) >= 11 is 0. The van der Waals surface area contributed by atoms with E-state index in [9.17, 15) is 0 Å². The monoisotopic (exact) mass is 358 g/mol. The van der Waals surface area contributed by atoms with Gasteiger partial charge in [-0.2, -0.15) is 4.52 Å². The van der Waals surface area contributed by atoms with Gasteiger partial charge in [-0.3, -0.25) is 4.98 Å². The van der Waals surface area contributed by atoms with Crippen molar-refractivity contribution in [3.63, 3.8) is 0 Å². The van der Waals surface area contributed by atoms with Crippen LogP contribution in [0.3, 0.4) is 0 Å². The number of aromatic nitrogens is 6. The van der Waals surface area contributed by atoms with Gasteiger partial charge in [-0.1, -0.05) is 0 Å². The average molecular weight is 358 g/mol. The van der Waals surface area contributed by atoms with Gasteiger partial charge in [-0.15, -0.1) is 0 Å². The number of aromatic amines is 1. The molecule has 0 aliphatic carbocycles. The first-order valence-electron chi connectivity index (χ1n) is 8.45. The molecule has 0 aliphatic heterocycles. The van der Waals surface area contributed by atoms with E-state index in [1.54, 1.807) is 17.3 Å². The highest BCUT2D eigenvalue weighted by atomic mass is 16.5. The molecule has 6 aromatic rings. The van der Waals surface area contributed by atoms with Gasteiger partial charge in [0, 0.05) is 29.2 Å². The van der Waals surface area contributed by atoms with Crippen molar-refractivity contribution < 1.29 is 27.9 Å². The second kappa shape index (κ2) is 5.21. The van der Waals surface area contributed by atoms with Crippen LogP contribution in [0, 0.1) is 0 Å². The molecule has 128 valence electrons. The van der Waals surface area contributed by atoms with Crippen molar-refractivity contribution in [3.05, 3.63) is 80.1 Å². The molecule has 0 bridgehead atoms. The van der Waals surface area contributed by atoms with Crippen molar-refractivity contribution in [2.45, 2.75) is 0 Å². The van der Waals surface area contributed by atoms with Crippen molar-refractivity contribution in [2.75, 3.05) is 0 Å². The Balaban J connectivity index is 1.46. The number of nitrogens with one attached hydrogen (secondary N) is 1. The van der Waals surface area contributed by atoms with Crippen LogP contribution in [0.15, 0.2) is 89.0 Å². The van der Waals surface area contributed by atoms with E-state index in [4.69, 9.17) is 8.94 Å². The van der Waals surface area contributed by atoms with E-state index >= 15 is 0 Å². The van der Waals surface area contributed by atoms with Gasteiger partial charge in [0.05, 0.1) is 22.4 Å². The molecule has 1 N–H and O–H groups in total. The predicted molar refractivity (Wildman–Crippen MR) is 90.9 cm³/mol. The maximum absolute atomic E-state index is 5.94. The normalized spacial score (nSPS) is 11.7. The molecule has 0 atom stereocenters. The maximum atomic E-state index is 5.94. The number of fused-ring (bicyclic) bond motifs is 3. The lowest BCUT2D eigenvalue weighted by molar-refractivity contribution is -1.36. The Hall–Kier alpha value is -4.07. The van der Waals surface area contributed by atoms with E-state index in [2.05, 4.69) is 10.1 Å². The zero-order chi connectivity index (χ0) is 17.8. The van der Waals surface area contributed by atoms with Crippen LogP contribution >= 0.6 is 0 Å². The first-order chi connectivity index (χ1) is 13.3. The fraction of sp³-hybridized carbons (Fsp3) is 0. The third-order valence-electron chi connectivity index (χ3n) is 4.58. The van der Waals surface area contributed by atoms with Crippen molar-refractivity contribution in [1.29, 1.82) is 0 Å². The first-order valence-corrected chi connectivity index (χ1v) is 8.45. The highest BCUT2D eigenvalue weighted by Crippen LogP contribution is 2.11. The van der Waals surface area contributed by atoms with Gasteiger partial charge in [0.15, 0.2) is 12.4 Å². The molecule has 6 rings (SSSR count). The summed E-state index contributed by atoms with van der Waals surface area (Å²) in [5.41, 5.74) is 2.64. The number of rotatable bonds is 2. The Morgan fingerprint density at radius 3 is 2.67 bits per heavy atom. The quantitative estimate of drug-likeness (QED) is 0.466. The van der Waals surface area contributed by atoms with Crippen molar-refractivity contribution in [2.24, 2.45) is 0 Å². The molecule has 0 saturated carbocycles. The third kappa shape index (κ3) is 2.20. The minimum atomic E-state index is 0.782. The molecular formula is C19H14N6O2+4. The molecule has 0 saturated heterocycles. The highest BCUT2D eigenvalue weighted by molar-refractivity contribution is 5.75. The number of hydrogen-bond donors (Lipinski definition) is 1. The second-order valence-corrected chi connectivity index (χ2v) is 6.28. The first kappa shape index (κ1) is 14.1. The molecule has 0 unspecified atom stereocenters. The lowest BCUT2D eigenvalue weighted by Gasteiger charge is -1.84. The lowest BCUT2D eigenvalue weighted by atomic mass is 10.3. The average Bonchev–Trinajstić information content (AvgIpc) is 3.42. The minimum Gasteiger partial charge on any atom is -0.464 e. The topological polar surface area (TPSA) is 70.5 Å². The van der Waals surface area contributed by atoms with Crippen LogP contribution < -0.4 is 19.0 Å². The summed E-state index contributed by atoms with van der Waals surface area (Å²) < 4.78 is 15.1. The number of H-pyrrole nitrogens is 1. The molecule has 8 heteroatoms. The molecule has 0 aromatic carbocycles. The standard InChI is InChI=1S/C19H14N6O2/c1-5-20-9-15-12-24(21-17(1)15)22-6-3-19-16(11-22)13-25(27-19)23-7-2-18-14(10-23)4-8-26-18/h1-13,21H/q+4. The molecule has 0 spiro atoms. The maximum Gasteiger partial charge on any atom is 0.313 e. The predicted octanol–water partition coefficient (Wildman–Crippen LogP) is 0.828. The molecule has 6 aromatic heterocycles. The van der Waals surface area contributed by atoms with Gasteiger partial charge >= 0.3 is 6.20 Å². The van der Waals surface area contributed by atoms with Crippen LogP contribution in [0.1, 0.15) is 0 Å². The van der Waals surface area contributed by atoms with Gasteiger partial charge in [-0.05, 0) is 11.2 Å². The van der Waals surface area contributed by atoms with Gasteiger partial charge in [0.1, 0.15) is 21.1 Å². The van der Waals surface area contributed by atoms with Gasteiger partial charge in [-0.25, -0.2) is 0 Å². The largest absolute Gasteiger partial charge is 0.464 e. The van der Waals surface area contributed by atoms with E-state index in [1.807, 2.05) is 81.8 Å². The Labute approximate surface area is 151 Å². The highest BCUT2D eigenvalue weighted by Gasteiger charge is 2.25. The van der Waals surface area contributed by atoms with Crippen LogP contribution in [0.5, 0.6) is 0 Å². The van der Waals surface area contributed by atoms with Crippen molar-refractivity contribution in [3.8, 4) is 0 Å². The molecule has 0 radical (unpaired) electrons. The number of hydrogen-bond acceptors (Lipinski definition) is 3. The molecule has 0 aliphatic rings. The summed E-state index contributed by atoms with van der Waals surface area (Å²) in [7, 11) is 0. The molecule has 0 amide bonds. The van der Waals surface area contributed by atoms with Crippen LogP contribution in [0.4, 0.5) is 0 Å². The Bertz CT molecular complexity index is 1410. The molecule has 27 heavy (non-hydrogen) atoms. The summed E-state index contributed by atoms with van der Waals surface area (Å²) in [5.74, 6) is 0. The van der Waals surface area contributed by atoms with Crippen molar-refractivity contribution >= 4 is 32.8 Å². The lowest BCUT2D eigenvalue weighted by Crippen LogP contribution is -2.66. The summed E-state index contributed by atoms with van der Waals surface area (Å²) in [6.07, 6.45) is 17.0. The van der Waals surface area contributed by atoms with E-state index in [1.165, 1.54) is 0 Å². The van der Waals surface area contributed by atoms with Crippen LogP contribution in [0.2, 0.25) is 0 Å². The Kier molecular flexibility index (Phi) is 2.73. The SMILES string of the molecule is c1cc2[nH][n+](-[n+]3ccc4o[n+](-[n+]5ccc6occc6c5)cc4c3)cc2cn1. The fourth-order valence-corrected chi connectivity index (χ4v) is 3.21. The van der Waals surface area contributed by atoms with Crippen LogP contribution in [0.25, 0.3) is 32.8 Å². The smallest absolute Gasteiger partial charge is 0.313 e. The number of furan rings is 1. The zero-order valence-electron chi connectivity index (χ0n) is 14.1. The summed E-state index contributed by atoms with van der Waals surface area (Å²) in [5, 5.41) is 6.32. The van der Waals surface area contributed by atoms with Crippen LogP contribution in [-0.2, 0) is 0 Å². The van der Waals surface area contributed by atoms with E-state index < -0.39 is 0 Å². The molecular weight excluding hydrogens is 344 g/mol.